The van der Waals surface area contributed by atoms with Gasteiger partial charge in [-0.2, -0.15) is 0 Å². The fourth-order valence-electron chi connectivity index (χ4n) is 2.51. The molecule has 0 amide bonds. The number of benzene rings is 1. The highest BCUT2D eigenvalue weighted by molar-refractivity contribution is 5.82. The molecule has 124 valence electrons. The summed E-state index contributed by atoms with van der Waals surface area (Å²) in [5, 5.41) is 1.33. The van der Waals surface area contributed by atoms with Crippen LogP contribution in [-0.4, -0.2) is 18.7 Å². The summed E-state index contributed by atoms with van der Waals surface area (Å²) in [5.41, 5.74) is 0.813. The number of hydrogen-bond acceptors (Lipinski definition) is 5. The van der Waals surface area contributed by atoms with Crippen molar-refractivity contribution in [3.05, 3.63) is 70.5 Å². The van der Waals surface area contributed by atoms with E-state index >= 15 is 0 Å². The van der Waals surface area contributed by atoms with Gasteiger partial charge in [-0.15, -0.1) is 0 Å². The van der Waals surface area contributed by atoms with Gasteiger partial charge in [-0.05, 0) is 48.1 Å². The molecule has 0 atom stereocenters. The second-order valence-corrected chi connectivity index (χ2v) is 5.47. The summed E-state index contributed by atoms with van der Waals surface area (Å²) < 4.78 is 16.0. The Kier molecular flexibility index (Phi) is 5.23. The lowest BCUT2D eigenvalue weighted by molar-refractivity contribution is 0.102. The average Bonchev–Trinajstić information content (AvgIpc) is 2.62. The van der Waals surface area contributed by atoms with Crippen molar-refractivity contribution in [1.82, 2.24) is 4.98 Å². The number of ether oxygens (including phenoxy) is 2. The lowest BCUT2D eigenvalue weighted by atomic mass is 10.1. The van der Waals surface area contributed by atoms with Gasteiger partial charge in [0.2, 0.25) is 0 Å². The van der Waals surface area contributed by atoms with Gasteiger partial charge in [0.1, 0.15) is 18.1 Å². The first kappa shape index (κ1) is 16.2. The van der Waals surface area contributed by atoms with Gasteiger partial charge < -0.3 is 13.9 Å². The highest BCUT2D eigenvalue weighted by atomic mass is 16.5. The molecule has 0 saturated carbocycles. The second-order valence-electron chi connectivity index (χ2n) is 5.47. The van der Waals surface area contributed by atoms with Crippen molar-refractivity contribution in [3.63, 3.8) is 0 Å². The van der Waals surface area contributed by atoms with Crippen molar-refractivity contribution in [2.75, 3.05) is 13.7 Å². The fourth-order valence-corrected chi connectivity index (χ4v) is 2.51. The maximum Gasteiger partial charge on any atom is 0.344 e. The molecule has 1 aromatic carbocycles. The standard InChI is InChI=1S/C19H19NO4/c1-22-16-7-6-15-10-17(24-19(21)18(15)11-16)13-23-9-3-5-14-4-2-8-20-12-14/h2,4,6-8,10-12H,3,5,9,13H2,1H3. The number of nitrogens with zero attached hydrogens (tertiary/aromatic N) is 1. The zero-order chi connectivity index (χ0) is 16.8. The van der Waals surface area contributed by atoms with Crippen LogP contribution in [0.15, 0.2) is 58.0 Å². The van der Waals surface area contributed by atoms with Crippen molar-refractivity contribution >= 4 is 10.8 Å². The van der Waals surface area contributed by atoms with E-state index in [0.717, 1.165) is 18.2 Å². The first-order valence-electron chi connectivity index (χ1n) is 7.84. The summed E-state index contributed by atoms with van der Waals surface area (Å²) in [5.74, 6) is 1.16. The van der Waals surface area contributed by atoms with E-state index in [-0.39, 0.29) is 12.2 Å². The Morgan fingerprint density at radius 3 is 2.92 bits per heavy atom. The first-order valence-corrected chi connectivity index (χ1v) is 7.84. The molecule has 24 heavy (non-hydrogen) atoms. The molecule has 0 aliphatic rings. The molecule has 2 aromatic heterocycles. The molecule has 0 unspecified atom stereocenters. The Hall–Kier alpha value is -2.66. The van der Waals surface area contributed by atoms with Gasteiger partial charge in [-0.25, -0.2) is 4.79 Å². The van der Waals surface area contributed by atoms with Gasteiger partial charge >= 0.3 is 5.63 Å². The molecule has 5 nitrogen and oxygen atoms in total. The molecule has 0 saturated heterocycles. The van der Waals surface area contributed by atoms with E-state index in [4.69, 9.17) is 13.9 Å². The van der Waals surface area contributed by atoms with Crippen LogP contribution in [0, 0.1) is 0 Å². The molecule has 0 aliphatic carbocycles. The van der Waals surface area contributed by atoms with Crippen LogP contribution in [0.4, 0.5) is 0 Å². The molecular weight excluding hydrogens is 306 g/mol. The van der Waals surface area contributed by atoms with Crippen LogP contribution in [0.2, 0.25) is 0 Å². The number of hydrogen-bond donors (Lipinski definition) is 0. The lowest BCUT2D eigenvalue weighted by Crippen LogP contribution is -2.04. The molecular formula is C19H19NO4. The molecule has 2 heterocycles. The van der Waals surface area contributed by atoms with Crippen molar-refractivity contribution < 1.29 is 13.9 Å². The highest BCUT2D eigenvalue weighted by Gasteiger charge is 2.06. The Labute approximate surface area is 139 Å². The van der Waals surface area contributed by atoms with E-state index in [2.05, 4.69) is 4.98 Å². The third-order valence-electron chi connectivity index (χ3n) is 3.74. The number of fused-ring (bicyclic) bond motifs is 1. The maximum atomic E-state index is 12.1. The van der Waals surface area contributed by atoms with E-state index in [0.29, 0.717) is 23.5 Å². The summed E-state index contributed by atoms with van der Waals surface area (Å²) in [4.78, 5) is 16.1. The number of aryl methyl sites for hydroxylation is 1. The van der Waals surface area contributed by atoms with Gasteiger partial charge in [0.25, 0.3) is 0 Å². The Morgan fingerprint density at radius 1 is 1.21 bits per heavy atom. The van der Waals surface area contributed by atoms with E-state index in [1.54, 1.807) is 19.4 Å². The summed E-state index contributed by atoms with van der Waals surface area (Å²) in [6.45, 7) is 0.878. The van der Waals surface area contributed by atoms with Crippen LogP contribution in [0.1, 0.15) is 17.7 Å². The van der Waals surface area contributed by atoms with E-state index < -0.39 is 0 Å². The van der Waals surface area contributed by atoms with Gasteiger partial charge in [0.05, 0.1) is 12.5 Å². The van der Waals surface area contributed by atoms with Crippen LogP contribution in [0.5, 0.6) is 5.75 Å². The topological polar surface area (TPSA) is 61.6 Å². The van der Waals surface area contributed by atoms with Crippen molar-refractivity contribution in [3.8, 4) is 5.75 Å². The van der Waals surface area contributed by atoms with Crippen LogP contribution in [0.25, 0.3) is 10.8 Å². The molecule has 0 N–H and O–H groups in total. The van der Waals surface area contributed by atoms with Gasteiger partial charge in [0, 0.05) is 19.0 Å². The van der Waals surface area contributed by atoms with Crippen LogP contribution >= 0.6 is 0 Å². The highest BCUT2D eigenvalue weighted by Crippen LogP contribution is 2.19. The smallest absolute Gasteiger partial charge is 0.344 e. The zero-order valence-corrected chi connectivity index (χ0v) is 13.5. The molecule has 0 aliphatic heterocycles. The van der Waals surface area contributed by atoms with Gasteiger partial charge in [0.15, 0.2) is 0 Å². The molecule has 0 bridgehead atoms. The van der Waals surface area contributed by atoms with Gasteiger partial charge in [-0.1, -0.05) is 12.1 Å². The second kappa shape index (κ2) is 7.75. The zero-order valence-electron chi connectivity index (χ0n) is 13.5. The normalized spacial score (nSPS) is 10.9. The minimum Gasteiger partial charge on any atom is -0.497 e. The van der Waals surface area contributed by atoms with E-state index in [9.17, 15) is 4.79 Å². The van der Waals surface area contributed by atoms with Crippen molar-refractivity contribution in [2.24, 2.45) is 0 Å². The van der Waals surface area contributed by atoms with Crippen molar-refractivity contribution in [1.29, 1.82) is 0 Å². The van der Waals surface area contributed by atoms with Gasteiger partial charge in [-0.3, -0.25) is 4.98 Å². The maximum absolute atomic E-state index is 12.1. The summed E-state index contributed by atoms with van der Waals surface area (Å²) >= 11 is 0. The molecule has 0 fully saturated rings. The Balaban J connectivity index is 1.56. The Morgan fingerprint density at radius 2 is 2.12 bits per heavy atom. The van der Waals surface area contributed by atoms with E-state index in [1.807, 2.05) is 36.5 Å². The Bertz CT molecular complexity index is 858. The summed E-state index contributed by atoms with van der Waals surface area (Å²) in [6, 6.07) is 11.1. The molecule has 3 aromatic rings. The number of pyridine rings is 1. The predicted octanol–water partition coefficient (Wildman–Crippen LogP) is 3.35. The third-order valence-corrected chi connectivity index (χ3v) is 3.74. The van der Waals surface area contributed by atoms with Crippen LogP contribution < -0.4 is 10.4 Å². The van der Waals surface area contributed by atoms with Crippen LogP contribution in [-0.2, 0) is 17.8 Å². The fraction of sp³-hybridized carbons (Fsp3) is 0.263. The average molecular weight is 325 g/mol. The quantitative estimate of drug-likeness (QED) is 0.623. The summed E-state index contributed by atoms with van der Waals surface area (Å²) in [7, 11) is 1.57. The predicted molar refractivity (Wildman–Crippen MR) is 91.3 cm³/mol. The van der Waals surface area contributed by atoms with Crippen molar-refractivity contribution in [2.45, 2.75) is 19.4 Å². The number of rotatable bonds is 7. The minimum absolute atomic E-state index is 0.282. The van der Waals surface area contributed by atoms with E-state index in [1.165, 1.54) is 5.56 Å². The largest absolute Gasteiger partial charge is 0.497 e. The minimum atomic E-state index is -0.375. The molecule has 0 radical (unpaired) electrons. The summed E-state index contributed by atoms with van der Waals surface area (Å²) in [6.07, 6.45) is 5.42. The lowest BCUT2D eigenvalue weighted by Gasteiger charge is -2.06. The number of methoxy groups -OCH3 is 1. The van der Waals surface area contributed by atoms with Crippen LogP contribution in [0.3, 0.4) is 0 Å². The molecule has 5 heteroatoms. The molecule has 0 spiro atoms. The SMILES string of the molecule is COc1ccc2cc(COCCCc3cccnc3)oc(=O)c2c1. The third kappa shape index (κ3) is 4.00. The first-order chi connectivity index (χ1) is 11.8. The number of aromatic nitrogens is 1. The monoisotopic (exact) mass is 325 g/mol. The molecule has 3 rings (SSSR count).